The quantitative estimate of drug-likeness (QED) is 0.933. The Morgan fingerprint density at radius 1 is 1.37 bits per heavy atom. The van der Waals surface area contributed by atoms with Crippen LogP contribution in [0.1, 0.15) is 29.9 Å². The molecule has 5 heteroatoms. The highest BCUT2D eigenvalue weighted by Gasteiger charge is 2.19. The minimum atomic E-state index is -0.219. The van der Waals surface area contributed by atoms with Gasteiger partial charge in [0, 0.05) is 11.6 Å². The Kier molecular flexibility index (Phi) is 4.06. The van der Waals surface area contributed by atoms with Crippen LogP contribution in [0.15, 0.2) is 22.7 Å². The van der Waals surface area contributed by atoms with Crippen molar-refractivity contribution in [2.24, 2.45) is 0 Å². The zero-order valence-corrected chi connectivity index (χ0v) is 13.0. The van der Waals surface area contributed by atoms with E-state index in [4.69, 9.17) is 0 Å². The van der Waals surface area contributed by atoms with Crippen LogP contribution in [-0.4, -0.2) is 16.8 Å². The largest absolute Gasteiger partial charge is 0.313 e. The van der Waals surface area contributed by atoms with E-state index in [1.54, 1.807) is 10.7 Å². The summed E-state index contributed by atoms with van der Waals surface area (Å²) >= 11 is 3.50. The number of hydrogen-bond acceptors (Lipinski definition) is 2. The smallest absolute Gasteiger partial charge is 0.130 e. The fourth-order valence-corrected chi connectivity index (χ4v) is 2.39. The van der Waals surface area contributed by atoms with Gasteiger partial charge >= 0.3 is 0 Å². The first kappa shape index (κ1) is 14.2. The second-order valence-electron chi connectivity index (χ2n) is 4.58. The zero-order chi connectivity index (χ0) is 14.2. The first-order chi connectivity index (χ1) is 8.97. The number of halogens is 2. The van der Waals surface area contributed by atoms with Gasteiger partial charge in [-0.05, 0) is 55.9 Å². The normalized spacial score (nSPS) is 12.7. The fourth-order valence-electron chi connectivity index (χ4n) is 2.14. The van der Waals surface area contributed by atoms with E-state index in [1.807, 2.05) is 33.9 Å². The van der Waals surface area contributed by atoms with Crippen LogP contribution in [0.4, 0.5) is 4.39 Å². The van der Waals surface area contributed by atoms with Crippen LogP contribution < -0.4 is 5.32 Å². The molecule has 0 saturated carbocycles. The van der Waals surface area contributed by atoms with Crippen LogP contribution in [0.5, 0.6) is 0 Å². The van der Waals surface area contributed by atoms with E-state index in [0.717, 1.165) is 21.5 Å². The Hall–Kier alpha value is -1.20. The van der Waals surface area contributed by atoms with Crippen molar-refractivity contribution in [3.63, 3.8) is 0 Å². The van der Waals surface area contributed by atoms with E-state index in [2.05, 4.69) is 26.3 Å². The van der Waals surface area contributed by atoms with Gasteiger partial charge in [0.1, 0.15) is 5.82 Å². The second-order valence-corrected chi connectivity index (χ2v) is 5.37. The predicted molar refractivity (Wildman–Crippen MR) is 78.2 cm³/mol. The van der Waals surface area contributed by atoms with Crippen molar-refractivity contribution >= 4 is 15.9 Å². The summed E-state index contributed by atoms with van der Waals surface area (Å²) in [4.78, 5) is 0. The highest BCUT2D eigenvalue weighted by atomic mass is 79.9. The molecule has 0 bridgehead atoms. The van der Waals surface area contributed by atoms with Gasteiger partial charge in [0.2, 0.25) is 0 Å². The van der Waals surface area contributed by atoms with Gasteiger partial charge in [0.25, 0.3) is 0 Å². The SMILES string of the molecule is CNC(C)c1c(F)cccc1-n1nc(C)c(Br)c1C. The lowest BCUT2D eigenvalue weighted by molar-refractivity contribution is 0.556. The zero-order valence-electron chi connectivity index (χ0n) is 11.5. The molecule has 0 aliphatic rings. The highest BCUT2D eigenvalue weighted by molar-refractivity contribution is 9.10. The second kappa shape index (κ2) is 5.43. The summed E-state index contributed by atoms with van der Waals surface area (Å²) in [6.07, 6.45) is 0. The maximum Gasteiger partial charge on any atom is 0.130 e. The van der Waals surface area contributed by atoms with Crippen LogP contribution in [0, 0.1) is 19.7 Å². The van der Waals surface area contributed by atoms with E-state index < -0.39 is 0 Å². The molecule has 1 aromatic heterocycles. The van der Waals surface area contributed by atoms with Crippen LogP contribution in [0.3, 0.4) is 0 Å². The number of benzene rings is 1. The van der Waals surface area contributed by atoms with Crippen LogP contribution >= 0.6 is 15.9 Å². The van der Waals surface area contributed by atoms with Gasteiger partial charge < -0.3 is 5.32 Å². The molecule has 1 atom stereocenters. The van der Waals surface area contributed by atoms with Crippen molar-refractivity contribution in [2.45, 2.75) is 26.8 Å². The van der Waals surface area contributed by atoms with Gasteiger partial charge in [-0.3, -0.25) is 0 Å². The molecular formula is C14H17BrFN3. The summed E-state index contributed by atoms with van der Waals surface area (Å²) in [5.74, 6) is -0.219. The summed E-state index contributed by atoms with van der Waals surface area (Å²) in [5.41, 5.74) is 3.26. The first-order valence-electron chi connectivity index (χ1n) is 6.15. The maximum atomic E-state index is 14.1. The number of aromatic nitrogens is 2. The topological polar surface area (TPSA) is 29.9 Å². The molecule has 1 aromatic carbocycles. The lowest BCUT2D eigenvalue weighted by Gasteiger charge is -2.17. The summed E-state index contributed by atoms with van der Waals surface area (Å²) in [6.45, 7) is 5.82. The molecule has 2 rings (SSSR count). The number of hydrogen-bond donors (Lipinski definition) is 1. The molecule has 0 aliphatic heterocycles. The van der Waals surface area contributed by atoms with Gasteiger partial charge in [0.05, 0.1) is 21.5 Å². The predicted octanol–water partition coefficient (Wildman–Crippen LogP) is 3.67. The molecule has 2 aromatic rings. The van der Waals surface area contributed by atoms with Gasteiger partial charge in [-0.2, -0.15) is 5.10 Å². The lowest BCUT2D eigenvalue weighted by atomic mass is 10.1. The van der Waals surface area contributed by atoms with Crippen molar-refractivity contribution in [1.29, 1.82) is 0 Å². The van der Waals surface area contributed by atoms with E-state index in [0.29, 0.717) is 5.56 Å². The molecular weight excluding hydrogens is 309 g/mol. The van der Waals surface area contributed by atoms with Crippen molar-refractivity contribution in [1.82, 2.24) is 15.1 Å². The van der Waals surface area contributed by atoms with E-state index in [9.17, 15) is 4.39 Å². The average Bonchev–Trinajstić information content (AvgIpc) is 2.65. The van der Waals surface area contributed by atoms with Gasteiger partial charge in [-0.15, -0.1) is 0 Å². The summed E-state index contributed by atoms with van der Waals surface area (Å²) in [6, 6.07) is 4.99. The molecule has 1 N–H and O–H groups in total. The average molecular weight is 326 g/mol. The Morgan fingerprint density at radius 2 is 2.05 bits per heavy atom. The minimum absolute atomic E-state index is 0.0844. The molecule has 0 saturated heterocycles. The molecule has 1 heterocycles. The molecule has 0 fully saturated rings. The molecule has 0 radical (unpaired) electrons. The molecule has 0 amide bonds. The number of rotatable bonds is 3. The third-order valence-corrected chi connectivity index (χ3v) is 4.47. The Bertz CT molecular complexity index is 607. The summed E-state index contributed by atoms with van der Waals surface area (Å²) < 4.78 is 16.9. The van der Waals surface area contributed by atoms with E-state index in [1.165, 1.54) is 6.07 Å². The third kappa shape index (κ3) is 2.44. The third-order valence-electron chi connectivity index (χ3n) is 3.33. The molecule has 3 nitrogen and oxygen atoms in total. The van der Waals surface area contributed by atoms with Crippen LogP contribution in [0.25, 0.3) is 5.69 Å². The van der Waals surface area contributed by atoms with Crippen molar-refractivity contribution in [3.8, 4) is 5.69 Å². The van der Waals surface area contributed by atoms with Gasteiger partial charge in [-0.1, -0.05) is 6.07 Å². The standard InChI is InChI=1S/C14H17BrFN3/c1-8(17-4)13-11(16)6-5-7-12(13)19-10(3)14(15)9(2)18-19/h5-8,17H,1-4H3. The van der Waals surface area contributed by atoms with E-state index >= 15 is 0 Å². The first-order valence-corrected chi connectivity index (χ1v) is 6.94. The molecule has 0 aliphatic carbocycles. The number of aryl methyl sites for hydroxylation is 1. The van der Waals surface area contributed by atoms with Crippen LogP contribution in [-0.2, 0) is 0 Å². The van der Waals surface area contributed by atoms with Crippen molar-refractivity contribution in [2.75, 3.05) is 7.05 Å². The molecule has 1 unspecified atom stereocenters. The molecule has 0 spiro atoms. The number of nitrogens with zero attached hydrogens (tertiary/aromatic N) is 2. The van der Waals surface area contributed by atoms with Crippen LogP contribution in [0.2, 0.25) is 0 Å². The molecule has 19 heavy (non-hydrogen) atoms. The van der Waals surface area contributed by atoms with Gasteiger partial charge in [-0.25, -0.2) is 9.07 Å². The Labute approximate surface area is 121 Å². The summed E-state index contributed by atoms with van der Waals surface area (Å²) in [7, 11) is 1.82. The highest BCUT2D eigenvalue weighted by Crippen LogP contribution is 2.28. The van der Waals surface area contributed by atoms with E-state index in [-0.39, 0.29) is 11.9 Å². The van der Waals surface area contributed by atoms with Crippen molar-refractivity contribution in [3.05, 3.63) is 45.4 Å². The monoisotopic (exact) mass is 325 g/mol. The Balaban J connectivity index is 2.68. The minimum Gasteiger partial charge on any atom is -0.313 e. The maximum absolute atomic E-state index is 14.1. The molecule has 102 valence electrons. The van der Waals surface area contributed by atoms with Gasteiger partial charge in [0.15, 0.2) is 0 Å². The number of nitrogens with one attached hydrogen (secondary N) is 1. The Morgan fingerprint density at radius 3 is 2.58 bits per heavy atom. The van der Waals surface area contributed by atoms with Crippen molar-refractivity contribution < 1.29 is 4.39 Å². The summed E-state index contributed by atoms with van der Waals surface area (Å²) in [5, 5.41) is 7.55. The fraction of sp³-hybridized carbons (Fsp3) is 0.357. The lowest BCUT2D eigenvalue weighted by Crippen LogP contribution is -2.17.